The van der Waals surface area contributed by atoms with Crippen LogP contribution in [0.1, 0.15) is 30.8 Å². The van der Waals surface area contributed by atoms with Gasteiger partial charge in [0.2, 0.25) is 0 Å². The summed E-state index contributed by atoms with van der Waals surface area (Å²) in [6, 6.07) is 8.16. The van der Waals surface area contributed by atoms with Crippen molar-refractivity contribution in [3.63, 3.8) is 0 Å². The number of aryl methyl sites for hydroxylation is 2. The highest BCUT2D eigenvalue weighted by Crippen LogP contribution is 2.24. The normalized spacial score (nSPS) is 10.9. The van der Waals surface area contributed by atoms with Crippen LogP contribution in [0.5, 0.6) is 5.75 Å². The molecule has 21 heavy (non-hydrogen) atoms. The van der Waals surface area contributed by atoms with Crippen molar-refractivity contribution in [1.82, 2.24) is 9.78 Å². The molecule has 0 radical (unpaired) electrons. The van der Waals surface area contributed by atoms with Gasteiger partial charge in [-0.15, -0.1) is 0 Å². The van der Waals surface area contributed by atoms with E-state index in [-0.39, 0.29) is 0 Å². The van der Waals surface area contributed by atoms with Crippen molar-refractivity contribution in [2.75, 3.05) is 6.54 Å². The Morgan fingerprint density at radius 2 is 2.10 bits per heavy atom. The molecule has 1 aromatic carbocycles. The van der Waals surface area contributed by atoms with Gasteiger partial charge in [-0.25, -0.2) is 0 Å². The number of nitrogens with two attached hydrogens (primary N) is 1. The van der Waals surface area contributed by atoms with E-state index in [0.717, 1.165) is 46.6 Å². The largest absolute Gasteiger partial charge is 0.487 e. The lowest BCUT2D eigenvalue weighted by Gasteiger charge is -2.12. The summed E-state index contributed by atoms with van der Waals surface area (Å²) in [7, 11) is 0. The smallest absolute Gasteiger partial charge is 0.130 e. The van der Waals surface area contributed by atoms with E-state index in [1.54, 1.807) is 0 Å². The van der Waals surface area contributed by atoms with Gasteiger partial charge in [-0.3, -0.25) is 4.68 Å². The van der Waals surface area contributed by atoms with Crippen LogP contribution in [0.4, 0.5) is 0 Å². The lowest BCUT2D eigenvalue weighted by atomic mass is 10.1. The van der Waals surface area contributed by atoms with Crippen LogP contribution in [0.15, 0.2) is 28.7 Å². The van der Waals surface area contributed by atoms with Crippen LogP contribution in [0.3, 0.4) is 0 Å². The molecule has 0 unspecified atom stereocenters. The van der Waals surface area contributed by atoms with Gasteiger partial charge in [-0.05, 0) is 56.1 Å². The Morgan fingerprint density at radius 1 is 1.29 bits per heavy atom. The Hall–Kier alpha value is -1.33. The number of nitrogens with zero attached hydrogens (tertiary/aromatic N) is 2. The molecule has 0 aliphatic heterocycles. The first-order valence-corrected chi connectivity index (χ1v) is 8.14. The molecule has 0 bridgehead atoms. The molecule has 1 heterocycles. The Kier molecular flexibility index (Phi) is 5.82. The maximum absolute atomic E-state index is 5.99. The molecule has 0 spiro atoms. The standard InChI is InChI=1S/C16H22BrN3O/c1-3-14-10-15(20(4-2)19-14)11-21-16-6-5-13(17)9-12(16)7-8-18/h5-6,9-10H,3-4,7-8,11,18H2,1-2H3. The second-order valence-electron chi connectivity index (χ2n) is 4.88. The van der Waals surface area contributed by atoms with E-state index in [9.17, 15) is 0 Å². The molecule has 4 nitrogen and oxygen atoms in total. The van der Waals surface area contributed by atoms with Gasteiger partial charge in [0.15, 0.2) is 0 Å². The lowest BCUT2D eigenvalue weighted by molar-refractivity contribution is 0.289. The van der Waals surface area contributed by atoms with Gasteiger partial charge in [-0.2, -0.15) is 5.10 Å². The van der Waals surface area contributed by atoms with Crippen LogP contribution >= 0.6 is 15.9 Å². The van der Waals surface area contributed by atoms with Crippen LogP contribution in [-0.2, 0) is 26.0 Å². The average molecular weight is 352 g/mol. The average Bonchev–Trinajstić information content (AvgIpc) is 2.89. The second-order valence-corrected chi connectivity index (χ2v) is 5.79. The Balaban J connectivity index is 2.14. The quantitative estimate of drug-likeness (QED) is 0.832. The van der Waals surface area contributed by atoms with E-state index in [2.05, 4.69) is 47.0 Å². The number of aromatic nitrogens is 2. The van der Waals surface area contributed by atoms with E-state index in [4.69, 9.17) is 10.5 Å². The maximum atomic E-state index is 5.99. The first-order chi connectivity index (χ1) is 10.2. The molecule has 114 valence electrons. The van der Waals surface area contributed by atoms with Crippen LogP contribution in [0, 0.1) is 0 Å². The van der Waals surface area contributed by atoms with Crippen LogP contribution in [-0.4, -0.2) is 16.3 Å². The molecule has 0 aliphatic rings. The Labute approximate surface area is 134 Å². The fourth-order valence-corrected chi connectivity index (χ4v) is 2.68. The molecule has 0 atom stereocenters. The third-order valence-corrected chi connectivity index (χ3v) is 3.88. The third-order valence-electron chi connectivity index (χ3n) is 3.39. The molecular weight excluding hydrogens is 330 g/mol. The minimum absolute atomic E-state index is 0.528. The second kappa shape index (κ2) is 7.61. The van der Waals surface area contributed by atoms with Crippen molar-refractivity contribution in [2.24, 2.45) is 5.73 Å². The van der Waals surface area contributed by atoms with Crippen molar-refractivity contribution < 1.29 is 4.74 Å². The Morgan fingerprint density at radius 3 is 2.76 bits per heavy atom. The summed E-state index contributed by atoms with van der Waals surface area (Å²) >= 11 is 3.49. The van der Waals surface area contributed by atoms with Gasteiger partial charge in [0.1, 0.15) is 12.4 Å². The first kappa shape index (κ1) is 16.0. The minimum atomic E-state index is 0.528. The lowest BCUT2D eigenvalue weighted by Crippen LogP contribution is -2.08. The van der Waals surface area contributed by atoms with Crippen molar-refractivity contribution in [3.8, 4) is 5.75 Å². The third kappa shape index (κ3) is 4.08. The first-order valence-electron chi connectivity index (χ1n) is 7.34. The van der Waals surface area contributed by atoms with E-state index < -0.39 is 0 Å². The van der Waals surface area contributed by atoms with Crippen LogP contribution in [0.25, 0.3) is 0 Å². The molecule has 2 rings (SSSR count). The van der Waals surface area contributed by atoms with E-state index in [1.165, 1.54) is 0 Å². The van der Waals surface area contributed by atoms with Gasteiger partial charge >= 0.3 is 0 Å². The van der Waals surface area contributed by atoms with Gasteiger partial charge in [0.05, 0.1) is 11.4 Å². The Bertz CT molecular complexity index is 595. The number of hydrogen-bond donors (Lipinski definition) is 1. The monoisotopic (exact) mass is 351 g/mol. The molecule has 0 saturated heterocycles. The molecular formula is C16H22BrN3O. The molecule has 0 saturated carbocycles. The van der Waals surface area contributed by atoms with E-state index >= 15 is 0 Å². The SMILES string of the molecule is CCc1cc(COc2ccc(Br)cc2CCN)n(CC)n1. The van der Waals surface area contributed by atoms with E-state index in [0.29, 0.717) is 13.2 Å². The highest BCUT2D eigenvalue weighted by molar-refractivity contribution is 9.10. The van der Waals surface area contributed by atoms with Gasteiger partial charge < -0.3 is 10.5 Å². The summed E-state index contributed by atoms with van der Waals surface area (Å²) in [6.45, 7) is 6.20. The van der Waals surface area contributed by atoms with Crippen LogP contribution in [0.2, 0.25) is 0 Å². The summed E-state index contributed by atoms with van der Waals surface area (Å²) in [6.07, 6.45) is 1.75. The number of hydrogen-bond acceptors (Lipinski definition) is 3. The predicted molar refractivity (Wildman–Crippen MR) is 88.5 cm³/mol. The molecule has 2 N–H and O–H groups in total. The summed E-state index contributed by atoms with van der Waals surface area (Å²) in [5, 5.41) is 4.54. The van der Waals surface area contributed by atoms with Gasteiger partial charge in [-0.1, -0.05) is 22.9 Å². The summed E-state index contributed by atoms with van der Waals surface area (Å²) in [5.41, 5.74) is 9.01. The zero-order valence-electron chi connectivity index (χ0n) is 12.6. The summed E-state index contributed by atoms with van der Waals surface area (Å²) < 4.78 is 9.04. The van der Waals surface area contributed by atoms with Crippen molar-refractivity contribution in [3.05, 3.63) is 45.7 Å². The highest BCUT2D eigenvalue weighted by atomic mass is 79.9. The highest BCUT2D eigenvalue weighted by Gasteiger charge is 2.09. The number of ether oxygens (including phenoxy) is 1. The fourth-order valence-electron chi connectivity index (χ4n) is 2.27. The van der Waals surface area contributed by atoms with Gasteiger partial charge in [0.25, 0.3) is 0 Å². The zero-order valence-corrected chi connectivity index (χ0v) is 14.2. The van der Waals surface area contributed by atoms with Gasteiger partial charge in [0, 0.05) is 11.0 Å². The molecule has 1 aromatic heterocycles. The van der Waals surface area contributed by atoms with Crippen molar-refractivity contribution in [2.45, 2.75) is 39.8 Å². The molecule has 5 heteroatoms. The molecule has 2 aromatic rings. The van der Waals surface area contributed by atoms with Crippen molar-refractivity contribution >= 4 is 15.9 Å². The summed E-state index contributed by atoms with van der Waals surface area (Å²) in [4.78, 5) is 0. The van der Waals surface area contributed by atoms with E-state index in [1.807, 2.05) is 16.8 Å². The molecule has 0 fully saturated rings. The fraction of sp³-hybridized carbons (Fsp3) is 0.438. The number of rotatable bonds is 7. The zero-order chi connectivity index (χ0) is 15.2. The maximum Gasteiger partial charge on any atom is 0.130 e. The predicted octanol–water partition coefficient (Wildman–Crippen LogP) is 3.31. The number of halogens is 1. The topological polar surface area (TPSA) is 53.1 Å². The molecule has 0 amide bonds. The summed E-state index contributed by atoms with van der Waals surface area (Å²) in [5.74, 6) is 0.894. The number of benzene rings is 1. The van der Waals surface area contributed by atoms with Crippen molar-refractivity contribution in [1.29, 1.82) is 0 Å². The van der Waals surface area contributed by atoms with Crippen LogP contribution < -0.4 is 10.5 Å². The minimum Gasteiger partial charge on any atom is -0.487 e. The molecule has 0 aliphatic carbocycles.